The smallest absolute Gasteiger partial charge is 0.327 e. The van der Waals surface area contributed by atoms with Crippen LogP contribution in [0, 0.1) is 0 Å². The lowest BCUT2D eigenvalue weighted by Crippen LogP contribution is -2.62. The monoisotopic (exact) mass is 1650 g/mol. The minimum Gasteiger partial charge on any atom is -0.508 e. The molecule has 13 atom stereocenters. The summed E-state index contributed by atoms with van der Waals surface area (Å²) in [5.74, 6) is -14.0. The number of phenolic OH excluding ortho intramolecular Hbond substituents is 1. The maximum atomic E-state index is 15.6. The molecule has 33 nitrogen and oxygen atoms in total. The first-order chi connectivity index (χ1) is 56.1. The topological polar surface area (TPSA) is 527 Å². The van der Waals surface area contributed by atoms with Crippen molar-refractivity contribution in [1.82, 2.24) is 74.1 Å². The van der Waals surface area contributed by atoms with Crippen LogP contribution < -0.4 is 80.6 Å². The maximum Gasteiger partial charge on any atom is 0.327 e. The number of aliphatic hydroxyl groups is 2. The van der Waals surface area contributed by atoms with Crippen molar-refractivity contribution < 1.29 is 82.8 Å². The number of nitrogens with one attached hydrogen (secondary N) is 14. The van der Waals surface area contributed by atoms with E-state index >= 15 is 28.8 Å². The van der Waals surface area contributed by atoms with E-state index in [1.54, 1.807) is 103 Å². The van der Waals surface area contributed by atoms with Crippen molar-refractivity contribution in [3.8, 4) is 5.75 Å². The van der Waals surface area contributed by atoms with Crippen molar-refractivity contribution >= 4 is 109 Å². The van der Waals surface area contributed by atoms with Gasteiger partial charge in [0.05, 0.1) is 18.8 Å². The Morgan fingerprint density at radius 2 is 1.03 bits per heavy atom. The van der Waals surface area contributed by atoms with E-state index in [1.807, 2.05) is 26.0 Å². The van der Waals surface area contributed by atoms with Gasteiger partial charge in [-0.05, 0) is 110 Å². The summed E-state index contributed by atoms with van der Waals surface area (Å²) in [5.41, 5.74) is 16.4. The van der Waals surface area contributed by atoms with Gasteiger partial charge < -0.3 is 106 Å². The van der Waals surface area contributed by atoms with Crippen LogP contribution in [0.3, 0.4) is 0 Å². The lowest BCUT2D eigenvalue weighted by Gasteiger charge is -2.29. The molecule has 2 saturated heterocycles. The number of aromatic hydroxyl groups is 1. The number of aliphatic hydroxyl groups excluding tert-OH is 2. The van der Waals surface area contributed by atoms with Gasteiger partial charge in [0.25, 0.3) is 0 Å². The number of amides is 12. The Kier molecular flexibility index (Phi) is 36.6. The Balaban J connectivity index is 1.25. The second-order valence-electron chi connectivity index (χ2n) is 29.4. The maximum absolute atomic E-state index is 15.6. The molecule has 1 aromatic heterocycles. The van der Waals surface area contributed by atoms with Gasteiger partial charge in [0.15, 0.2) is 0 Å². The molecule has 2 aliphatic heterocycles. The predicted molar refractivity (Wildman–Crippen MR) is 440 cm³/mol. The highest BCUT2D eigenvalue weighted by Crippen LogP contribution is 2.25. The minimum atomic E-state index is -1.87. The van der Waals surface area contributed by atoms with Crippen LogP contribution in [0.5, 0.6) is 5.75 Å². The lowest BCUT2D eigenvalue weighted by atomic mass is 9.99. The third-order valence-electron chi connectivity index (χ3n) is 19.8. The molecule has 3 heterocycles. The minimum absolute atomic E-state index is 0.00527. The number of fused-ring (bicyclic) bond motifs is 11. The summed E-state index contributed by atoms with van der Waals surface area (Å²) in [4.78, 5) is 195. The number of hydrogen-bond acceptors (Lipinski definition) is 21. The van der Waals surface area contributed by atoms with Crippen molar-refractivity contribution in [2.75, 3.05) is 31.2 Å². The fraction of sp³-hybridized carbons (Fsp3) is 0.451. The summed E-state index contributed by atoms with van der Waals surface area (Å²) in [5, 5.41) is 78.7. The number of carboxylic acid groups (broad SMARTS) is 1. The highest BCUT2D eigenvalue weighted by atomic mass is 33.1. The first-order valence-electron chi connectivity index (χ1n) is 39.2. The Labute approximate surface area is 686 Å². The van der Waals surface area contributed by atoms with Gasteiger partial charge in [-0.2, -0.15) is 0 Å². The quantitative estimate of drug-likeness (QED) is 0.0314. The van der Waals surface area contributed by atoms with Crippen LogP contribution in [0.15, 0.2) is 140 Å². The third kappa shape index (κ3) is 29.6. The molecule has 5 aromatic carbocycles. The zero-order valence-corrected chi connectivity index (χ0v) is 67.2. The molecule has 2 fully saturated rings. The molecule has 0 spiro atoms. The fourth-order valence-corrected chi connectivity index (χ4v) is 15.4. The SMILES string of the molecule is CC(C)NCc1ccc(C[C@@H]2NC(=O)[C@@H](Cc3c[nH]c4ccccc34)NC(=O)[C@@H]3CCC(=O)NCCCCC[C@@H](NC(=O)[C@H](Cc4ccccc4)NC(=O)[C@H]([C@@H](C)O)NC2=O)C(=O)N[C@@H](CO)C(=O)N[C@H](C(=O)O)CSSC[C@H](NC(=O)[C@@H](N)Cc2ccc(O)cc2)C(=O)N[C@@H](CCCCN)C(=O)N[C@@H](Cc2ccccc2)C(=O)N3)cc1. The lowest BCUT2D eigenvalue weighted by molar-refractivity contribution is -0.142. The molecule has 6 aromatic rings. The molecule has 117 heavy (non-hydrogen) atoms. The number of carbonyl (C=O) groups is 13. The molecule has 0 radical (unpaired) electrons. The zero-order valence-electron chi connectivity index (χ0n) is 65.6. The molecule has 22 N–H and O–H groups in total. The van der Waals surface area contributed by atoms with Crippen molar-refractivity contribution in [3.63, 3.8) is 0 Å². The van der Waals surface area contributed by atoms with Gasteiger partial charge in [-0.15, -0.1) is 0 Å². The van der Waals surface area contributed by atoms with Crippen molar-refractivity contribution in [3.05, 3.63) is 173 Å². The number of rotatable bonds is 22. The molecule has 0 unspecified atom stereocenters. The summed E-state index contributed by atoms with van der Waals surface area (Å²) < 4.78 is 0. The van der Waals surface area contributed by atoms with E-state index in [9.17, 15) is 54.0 Å². The van der Waals surface area contributed by atoms with E-state index in [0.29, 0.717) is 51.7 Å². The van der Waals surface area contributed by atoms with E-state index in [2.05, 4.69) is 74.1 Å². The third-order valence-corrected chi connectivity index (χ3v) is 22.2. The van der Waals surface area contributed by atoms with Crippen LogP contribution in [-0.2, 0) is 101 Å². The summed E-state index contributed by atoms with van der Waals surface area (Å²) in [6.45, 7) is 4.71. The van der Waals surface area contributed by atoms with E-state index in [-0.39, 0.29) is 101 Å². The van der Waals surface area contributed by atoms with Crippen LogP contribution in [0.1, 0.15) is 112 Å². The van der Waals surface area contributed by atoms with Crippen LogP contribution in [0.25, 0.3) is 10.9 Å². The Bertz CT molecular complexity index is 4340. The summed E-state index contributed by atoms with van der Waals surface area (Å²) >= 11 is 0. The molecule has 2 aliphatic rings. The van der Waals surface area contributed by atoms with E-state index < -0.39 is 181 Å². The standard InChI is InChI=1S/C82H108N16O17S2/c1-47(2)86-42-53-27-25-52(26-28-53)40-64-78(110)98-70(48(3)100)81(113)94-63(39-50-19-9-5-10-20-50)76(108)88-59-23-11-6-16-36-85-69(102)34-33-61(74(106)93-65(77(109)92-64)41-54-43-87-58-22-13-12-21-56(54)58)90-75(107)62(38-49-17-7-4-8-18-49)91-72(104)60(24-14-15-35-83)89-80(112)67(96-71(103)57(84)37-51-29-31-55(101)32-30-51)45-116-117-46-68(82(114)115)97-79(111)66(44-99)95-73(59)105/h4-5,7-10,12-13,17-22,25-32,43,47-48,57,59-68,70,86-87,99-101H,6,11,14-16,23-24,33-42,44-46,83-84H2,1-3H3,(H,85,102)(H,88,108)(H,89,112)(H,90,107)(H,91,104)(H,92,109)(H,93,106)(H,94,113)(H,95,105)(H,96,103)(H,97,111)(H,98,110)(H,114,115)/t48-,57+,59-,60+,61+,62+,63+,64+,65-,66+,67+,68+,70+/m1/s1. The molecule has 0 saturated carbocycles. The average molecular weight is 1650 g/mol. The van der Waals surface area contributed by atoms with Gasteiger partial charge in [-0.25, -0.2) is 4.79 Å². The van der Waals surface area contributed by atoms with Crippen LogP contribution >= 0.6 is 21.6 Å². The summed E-state index contributed by atoms with van der Waals surface area (Å²) in [6, 6.07) is 17.5. The number of carbonyl (C=O) groups excluding carboxylic acids is 12. The zero-order chi connectivity index (χ0) is 84.5. The number of nitrogens with two attached hydrogens (primary N) is 2. The summed E-state index contributed by atoms with van der Waals surface area (Å²) in [6.07, 6.45) is -1.18. The summed E-state index contributed by atoms with van der Waals surface area (Å²) in [7, 11) is 1.70. The number of para-hydroxylation sites is 1. The Hall–Kier alpha value is -11.0. The second kappa shape index (κ2) is 46.7. The largest absolute Gasteiger partial charge is 0.508 e. The number of carboxylic acids is 1. The highest BCUT2D eigenvalue weighted by Gasteiger charge is 2.39. The van der Waals surface area contributed by atoms with E-state index in [1.165, 1.54) is 31.2 Å². The fourth-order valence-electron chi connectivity index (χ4n) is 13.1. The molecule has 12 amide bonds. The Morgan fingerprint density at radius 1 is 0.521 bits per heavy atom. The molecule has 0 aliphatic carbocycles. The number of aliphatic carboxylic acids is 1. The van der Waals surface area contributed by atoms with Gasteiger partial charge >= 0.3 is 5.97 Å². The molecular formula is C82H108N16O17S2. The number of H-pyrrole nitrogens is 1. The van der Waals surface area contributed by atoms with Crippen LogP contribution in [0.4, 0.5) is 0 Å². The number of unbranched alkanes of at least 4 members (excludes halogenated alkanes) is 1. The first-order valence-corrected chi connectivity index (χ1v) is 41.7. The normalized spacial score (nSPS) is 23.5. The number of aromatic nitrogens is 1. The molecular weight excluding hydrogens is 1550 g/mol. The average Bonchev–Trinajstić information content (AvgIpc) is 1.54. The second-order valence-corrected chi connectivity index (χ2v) is 32.0. The van der Waals surface area contributed by atoms with E-state index in [0.717, 1.165) is 27.2 Å². The van der Waals surface area contributed by atoms with Gasteiger partial charge in [0.2, 0.25) is 70.9 Å². The molecule has 630 valence electrons. The molecule has 8 rings (SSSR count). The Morgan fingerprint density at radius 3 is 1.62 bits per heavy atom. The highest BCUT2D eigenvalue weighted by molar-refractivity contribution is 8.76. The van der Waals surface area contributed by atoms with Gasteiger partial charge in [0, 0.05) is 79.8 Å². The van der Waals surface area contributed by atoms with Gasteiger partial charge in [-0.1, -0.05) is 164 Å². The number of phenols is 1. The van der Waals surface area contributed by atoms with Crippen LogP contribution in [0.2, 0.25) is 0 Å². The first kappa shape index (κ1) is 91.6. The number of benzene rings is 5. The number of hydrogen-bond donors (Lipinski definition) is 20. The van der Waals surface area contributed by atoms with Crippen LogP contribution in [-0.4, -0.2) is 218 Å². The molecule has 2 bridgehead atoms. The van der Waals surface area contributed by atoms with Crippen molar-refractivity contribution in [1.29, 1.82) is 0 Å². The van der Waals surface area contributed by atoms with E-state index in [4.69, 9.17) is 11.5 Å². The van der Waals surface area contributed by atoms with Gasteiger partial charge in [0.1, 0.15) is 72.2 Å². The van der Waals surface area contributed by atoms with Crippen molar-refractivity contribution in [2.24, 2.45) is 11.5 Å². The molecule has 35 heteroatoms. The number of aromatic amines is 1. The van der Waals surface area contributed by atoms with Gasteiger partial charge in [-0.3, -0.25) is 57.5 Å². The predicted octanol–water partition coefficient (Wildman–Crippen LogP) is -0.00300. The van der Waals surface area contributed by atoms with Crippen molar-refractivity contribution in [2.45, 2.75) is 202 Å².